The number of benzene rings is 2. The summed E-state index contributed by atoms with van der Waals surface area (Å²) in [5.41, 5.74) is 1.02. The number of halogens is 1. The molecule has 0 saturated carbocycles. The maximum Gasteiger partial charge on any atom is 0.331 e. The molecular formula is C21H20ClNO4. The lowest BCUT2D eigenvalue weighted by atomic mass is 10.1. The predicted molar refractivity (Wildman–Crippen MR) is 106 cm³/mol. The van der Waals surface area contributed by atoms with E-state index in [1.54, 1.807) is 60.7 Å². The van der Waals surface area contributed by atoms with Crippen molar-refractivity contribution in [2.24, 2.45) is 0 Å². The number of anilines is 1. The van der Waals surface area contributed by atoms with Crippen LogP contribution in [0.1, 0.15) is 18.6 Å². The molecule has 1 atom stereocenters. The van der Waals surface area contributed by atoms with Crippen molar-refractivity contribution in [1.29, 1.82) is 0 Å². The first-order valence-corrected chi connectivity index (χ1v) is 8.62. The number of methoxy groups -OCH3 is 1. The van der Waals surface area contributed by atoms with Gasteiger partial charge < -0.3 is 14.8 Å². The number of allylic oxidation sites excluding steroid dienone is 3. The number of nitrogens with one attached hydrogen (secondary N) is 1. The fraction of sp³-hybridized carbons (Fsp3) is 0.143. The molecule has 0 aliphatic carbocycles. The lowest BCUT2D eigenvalue weighted by molar-refractivity contribution is -0.149. The van der Waals surface area contributed by atoms with Crippen LogP contribution in [0.3, 0.4) is 0 Å². The summed E-state index contributed by atoms with van der Waals surface area (Å²) in [5, 5.41) is 3.07. The average molecular weight is 386 g/mol. The normalized spacial score (nSPS) is 12.1. The zero-order valence-corrected chi connectivity index (χ0v) is 15.8. The smallest absolute Gasteiger partial charge is 0.331 e. The largest absolute Gasteiger partial charge is 0.495 e. The summed E-state index contributed by atoms with van der Waals surface area (Å²) in [6, 6.07) is 13.6. The number of esters is 1. The maximum atomic E-state index is 12.7. The van der Waals surface area contributed by atoms with Crippen LogP contribution in [0.2, 0.25) is 5.02 Å². The van der Waals surface area contributed by atoms with Crippen LogP contribution in [0.4, 0.5) is 5.69 Å². The second-order valence-corrected chi connectivity index (χ2v) is 5.86. The molecule has 0 spiro atoms. The average Bonchev–Trinajstić information content (AvgIpc) is 2.67. The fourth-order valence-electron chi connectivity index (χ4n) is 2.25. The summed E-state index contributed by atoms with van der Waals surface area (Å²) in [7, 11) is 1.51. The van der Waals surface area contributed by atoms with Gasteiger partial charge in [0.25, 0.3) is 5.91 Å². The van der Waals surface area contributed by atoms with Gasteiger partial charge in [-0.3, -0.25) is 4.79 Å². The fourth-order valence-corrected chi connectivity index (χ4v) is 2.51. The third-order valence-electron chi connectivity index (χ3n) is 3.53. The van der Waals surface area contributed by atoms with E-state index in [9.17, 15) is 9.59 Å². The van der Waals surface area contributed by atoms with Crippen LogP contribution in [0.25, 0.3) is 0 Å². The molecule has 1 amide bonds. The maximum absolute atomic E-state index is 12.7. The Morgan fingerprint density at radius 3 is 2.48 bits per heavy atom. The van der Waals surface area contributed by atoms with Gasteiger partial charge in [-0.25, -0.2) is 4.79 Å². The first-order chi connectivity index (χ1) is 13.0. The van der Waals surface area contributed by atoms with Gasteiger partial charge in [0.2, 0.25) is 6.10 Å². The Bertz CT molecular complexity index is 847. The third kappa shape index (κ3) is 6.01. The Morgan fingerprint density at radius 2 is 1.85 bits per heavy atom. The Kier molecular flexibility index (Phi) is 7.64. The van der Waals surface area contributed by atoms with E-state index in [1.165, 1.54) is 13.2 Å². The van der Waals surface area contributed by atoms with Crippen LogP contribution in [-0.4, -0.2) is 19.0 Å². The van der Waals surface area contributed by atoms with Crippen molar-refractivity contribution in [1.82, 2.24) is 0 Å². The molecule has 1 N–H and O–H groups in total. The Morgan fingerprint density at radius 1 is 1.11 bits per heavy atom. The van der Waals surface area contributed by atoms with E-state index in [0.29, 0.717) is 22.0 Å². The first kappa shape index (κ1) is 20.3. The highest BCUT2D eigenvalue weighted by Gasteiger charge is 2.24. The van der Waals surface area contributed by atoms with Crippen LogP contribution in [0.15, 0.2) is 72.8 Å². The minimum Gasteiger partial charge on any atom is -0.495 e. The molecule has 2 aromatic rings. The van der Waals surface area contributed by atoms with E-state index in [1.807, 2.05) is 13.0 Å². The van der Waals surface area contributed by atoms with Crippen molar-refractivity contribution in [3.05, 3.63) is 83.4 Å². The number of hydrogen-bond acceptors (Lipinski definition) is 4. The van der Waals surface area contributed by atoms with Gasteiger partial charge >= 0.3 is 5.97 Å². The van der Waals surface area contributed by atoms with Gasteiger partial charge in [-0.2, -0.15) is 0 Å². The van der Waals surface area contributed by atoms with Crippen molar-refractivity contribution in [2.75, 3.05) is 12.4 Å². The van der Waals surface area contributed by atoms with Crippen molar-refractivity contribution in [3.63, 3.8) is 0 Å². The number of carbonyl (C=O) groups excluding carboxylic acids is 2. The number of rotatable bonds is 7. The quantitative estimate of drug-likeness (QED) is 0.426. The third-order valence-corrected chi connectivity index (χ3v) is 3.83. The van der Waals surface area contributed by atoms with E-state index in [4.69, 9.17) is 21.1 Å². The van der Waals surface area contributed by atoms with Gasteiger partial charge in [0.15, 0.2) is 0 Å². The molecule has 0 heterocycles. The highest BCUT2D eigenvalue weighted by molar-refractivity contribution is 6.32. The summed E-state index contributed by atoms with van der Waals surface area (Å²) < 4.78 is 10.5. The molecule has 6 heteroatoms. The van der Waals surface area contributed by atoms with E-state index in [2.05, 4.69) is 5.32 Å². The van der Waals surface area contributed by atoms with Gasteiger partial charge in [-0.05, 0) is 25.1 Å². The summed E-state index contributed by atoms with van der Waals surface area (Å²) >= 11 is 6.09. The van der Waals surface area contributed by atoms with Crippen LogP contribution in [0, 0.1) is 0 Å². The van der Waals surface area contributed by atoms with Gasteiger partial charge in [0.05, 0.1) is 12.1 Å². The van der Waals surface area contributed by atoms with Gasteiger partial charge in [0.1, 0.15) is 5.75 Å². The molecule has 2 rings (SSSR count). The monoisotopic (exact) mass is 385 g/mol. The minimum atomic E-state index is -1.10. The van der Waals surface area contributed by atoms with Gasteiger partial charge in [-0.1, -0.05) is 60.2 Å². The summed E-state index contributed by atoms with van der Waals surface area (Å²) in [6.07, 6.45) is 5.17. The Hall–Kier alpha value is -3.05. The molecule has 0 fully saturated rings. The summed E-state index contributed by atoms with van der Waals surface area (Å²) in [5.74, 6) is -0.616. The standard InChI is InChI=1S/C21H20ClNO4/c1-3-4-6-11-19(24)27-20(15-9-7-5-8-10-15)21(25)23-16-12-13-18(26-2)17(22)14-16/h3-14,20H,1-2H3,(H,23,25)/b4-3+,11-6+. The molecule has 1 unspecified atom stereocenters. The van der Waals surface area contributed by atoms with Crippen LogP contribution in [-0.2, 0) is 14.3 Å². The Labute approximate surface area is 163 Å². The van der Waals surface area contributed by atoms with E-state index in [0.717, 1.165) is 0 Å². The van der Waals surface area contributed by atoms with E-state index < -0.39 is 18.0 Å². The molecule has 2 aromatic carbocycles. The van der Waals surface area contributed by atoms with E-state index >= 15 is 0 Å². The lowest BCUT2D eigenvalue weighted by Crippen LogP contribution is -2.25. The SMILES string of the molecule is C/C=C/C=C/C(=O)OC(C(=O)Nc1ccc(OC)c(Cl)c1)c1ccccc1. The van der Waals surface area contributed by atoms with Crippen LogP contribution >= 0.6 is 11.6 Å². The number of hydrogen-bond donors (Lipinski definition) is 1. The molecule has 0 aromatic heterocycles. The molecule has 0 saturated heterocycles. The predicted octanol–water partition coefficient (Wildman–Crippen LogP) is 4.70. The number of ether oxygens (including phenoxy) is 2. The van der Waals surface area contributed by atoms with Crippen LogP contribution in [0.5, 0.6) is 5.75 Å². The highest BCUT2D eigenvalue weighted by Crippen LogP contribution is 2.28. The molecule has 0 aliphatic heterocycles. The highest BCUT2D eigenvalue weighted by atomic mass is 35.5. The minimum absolute atomic E-state index is 0.359. The van der Waals surface area contributed by atoms with Crippen LogP contribution < -0.4 is 10.1 Å². The summed E-state index contributed by atoms with van der Waals surface area (Å²) in [6.45, 7) is 1.83. The molecule has 0 aliphatic rings. The van der Waals surface area contributed by atoms with Gasteiger partial charge in [-0.15, -0.1) is 0 Å². The molecule has 27 heavy (non-hydrogen) atoms. The lowest BCUT2D eigenvalue weighted by Gasteiger charge is -2.17. The zero-order chi connectivity index (χ0) is 19.6. The molecule has 5 nitrogen and oxygen atoms in total. The first-order valence-electron chi connectivity index (χ1n) is 8.24. The van der Waals surface area contributed by atoms with E-state index in [-0.39, 0.29) is 0 Å². The van der Waals surface area contributed by atoms with Gasteiger partial charge in [0, 0.05) is 17.3 Å². The van der Waals surface area contributed by atoms with Crippen molar-refractivity contribution in [3.8, 4) is 5.75 Å². The molecule has 140 valence electrons. The van der Waals surface area contributed by atoms with Crippen molar-refractivity contribution >= 4 is 29.2 Å². The Balaban J connectivity index is 2.20. The summed E-state index contributed by atoms with van der Waals surface area (Å²) in [4.78, 5) is 24.8. The van der Waals surface area contributed by atoms with Crippen molar-refractivity contribution in [2.45, 2.75) is 13.0 Å². The van der Waals surface area contributed by atoms with Crippen molar-refractivity contribution < 1.29 is 19.1 Å². The topological polar surface area (TPSA) is 64.6 Å². The number of amides is 1. The molecule has 0 bridgehead atoms. The molecular weight excluding hydrogens is 366 g/mol. The second-order valence-electron chi connectivity index (χ2n) is 5.45. The zero-order valence-electron chi connectivity index (χ0n) is 15.0. The number of carbonyl (C=O) groups is 2. The molecule has 0 radical (unpaired) electrons. The second kappa shape index (κ2) is 10.2.